The van der Waals surface area contributed by atoms with Crippen molar-refractivity contribution in [1.82, 2.24) is 9.80 Å². The van der Waals surface area contributed by atoms with E-state index < -0.39 is 18.2 Å². The van der Waals surface area contributed by atoms with Crippen LogP contribution in [-0.2, 0) is 19.5 Å². The van der Waals surface area contributed by atoms with Crippen molar-refractivity contribution in [3.63, 3.8) is 0 Å². The number of benzene rings is 2. The van der Waals surface area contributed by atoms with Gasteiger partial charge in [-0.05, 0) is 30.2 Å². The molecule has 1 heterocycles. The molecular formula is C20H24N2O3. The highest BCUT2D eigenvalue weighted by Crippen LogP contribution is 2.25. The van der Waals surface area contributed by atoms with Crippen LogP contribution in [0.4, 0.5) is 4.79 Å². The van der Waals surface area contributed by atoms with Gasteiger partial charge in [0, 0.05) is 19.6 Å². The predicted molar refractivity (Wildman–Crippen MR) is 96.3 cm³/mol. The Balaban J connectivity index is 1.69. The molecule has 5 nitrogen and oxygen atoms in total. The van der Waals surface area contributed by atoms with E-state index in [9.17, 15) is 15.0 Å². The van der Waals surface area contributed by atoms with E-state index in [4.69, 9.17) is 0 Å². The van der Waals surface area contributed by atoms with Crippen LogP contribution in [0.5, 0.6) is 0 Å². The highest BCUT2D eigenvalue weighted by molar-refractivity contribution is 5.66. The number of aliphatic hydroxyl groups excluding tert-OH is 1. The Morgan fingerprint density at radius 1 is 1.16 bits per heavy atom. The molecule has 0 spiro atoms. The Morgan fingerprint density at radius 3 is 2.48 bits per heavy atom. The highest BCUT2D eigenvalue weighted by atomic mass is 16.4. The zero-order valence-electron chi connectivity index (χ0n) is 14.4. The quantitative estimate of drug-likeness (QED) is 0.878. The second-order valence-electron chi connectivity index (χ2n) is 6.70. The number of carboxylic acid groups (broad SMARTS) is 1. The molecule has 1 amide bonds. The second-order valence-corrected chi connectivity index (χ2v) is 6.70. The van der Waals surface area contributed by atoms with Gasteiger partial charge >= 0.3 is 6.09 Å². The Morgan fingerprint density at radius 2 is 1.80 bits per heavy atom. The van der Waals surface area contributed by atoms with E-state index in [1.54, 1.807) is 0 Å². The minimum atomic E-state index is -0.982. The summed E-state index contributed by atoms with van der Waals surface area (Å²) in [5.74, 6) is 0. The van der Waals surface area contributed by atoms with Gasteiger partial charge in [-0.15, -0.1) is 0 Å². The van der Waals surface area contributed by atoms with Gasteiger partial charge in [-0.2, -0.15) is 0 Å². The fraction of sp³-hybridized carbons (Fsp3) is 0.350. The van der Waals surface area contributed by atoms with Crippen molar-refractivity contribution in [2.75, 3.05) is 13.6 Å². The lowest BCUT2D eigenvalue weighted by Gasteiger charge is -2.38. The van der Waals surface area contributed by atoms with Crippen LogP contribution in [0.25, 0.3) is 0 Å². The van der Waals surface area contributed by atoms with Gasteiger partial charge < -0.3 is 10.2 Å². The van der Waals surface area contributed by atoms with E-state index in [2.05, 4.69) is 0 Å². The minimum absolute atomic E-state index is 0.329. The van der Waals surface area contributed by atoms with Crippen LogP contribution < -0.4 is 0 Å². The van der Waals surface area contributed by atoms with Crippen LogP contribution >= 0.6 is 0 Å². The van der Waals surface area contributed by atoms with Gasteiger partial charge in [0.15, 0.2) is 0 Å². The van der Waals surface area contributed by atoms with Gasteiger partial charge in [-0.1, -0.05) is 54.6 Å². The van der Waals surface area contributed by atoms with E-state index in [1.807, 2.05) is 66.5 Å². The summed E-state index contributed by atoms with van der Waals surface area (Å²) < 4.78 is 0. The number of hydrogen-bond donors (Lipinski definition) is 2. The van der Waals surface area contributed by atoms with Crippen molar-refractivity contribution in [3.05, 3.63) is 71.3 Å². The van der Waals surface area contributed by atoms with Crippen molar-refractivity contribution in [1.29, 1.82) is 0 Å². The lowest BCUT2D eigenvalue weighted by Crippen LogP contribution is -2.52. The van der Waals surface area contributed by atoms with Crippen LogP contribution in [0, 0.1) is 0 Å². The van der Waals surface area contributed by atoms with E-state index in [0.717, 1.165) is 11.1 Å². The van der Waals surface area contributed by atoms with E-state index in [-0.39, 0.29) is 0 Å². The smallest absolute Gasteiger partial charge is 0.407 e. The number of nitrogens with zero attached hydrogens (tertiary/aromatic N) is 2. The molecule has 2 aromatic carbocycles. The summed E-state index contributed by atoms with van der Waals surface area (Å²) in [5.41, 5.74) is 3.31. The molecule has 2 N–H and O–H groups in total. The van der Waals surface area contributed by atoms with Crippen LogP contribution in [0.15, 0.2) is 54.6 Å². The molecule has 1 aliphatic rings. The maximum atomic E-state index is 11.7. The van der Waals surface area contributed by atoms with Crippen LogP contribution in [-0.4, -0.2) is 51.8 Å². The molecule has 25 heavy (non-hydrogen) atoms. The van der Waals surface area contributed by atoms with Gasteiger partial charge in [0.1, 0.15) is 0 Å². The van der Waals surface area contributed by atoms with E-state index in [0.29, 0.717) is 26.1 Å². The topological polar surface area (TPSA) is 64.0 Å². The molecule has 5 heteroatoms. The molecular weight excluding hydrogens is 316 g/mol. The Hall–Kier alpha value is -2.37. The van der Waals surface area contributed by atoms with Crippen LogP contribution in [0.3, 0.4) is 0 Å². The zero-order valence-corrected chi connectivity index (χ0v) is 14.4. The molecule has 0 bridgehead atoms. The summed E-state index contributed by atoms with van der Waals surface area (Å²) in [6.45, 7) is 1.47. The Labute approximate surface area is 148 Å². The molecule has 2 atom stereocenters. The molecule has 3 rings (SSSR count). The van der Waals surface area contributed by atoms with Crippen molar-refractivity contribution in [2.24, 2.45) is 0 Å². The maximum Gasteiger partial charge on any atom is 0.407 e. The fourth-order valence-electron chi connectivity index (χ4n) is 3.50. The predicted octanol–water partition coefficient (Wildman–Crippen LogP) is 2.58. The molecule has 0 radical (unpaired) electrons. The first kappa shape index (κ1) is 17.5. The van der Waals surface area contributed by atoms with E-state index >= 15 is 0 Å². The molecule has 0 aromatic heterocycles. The van der Waals surface area contributed by atoms with Gasteiger partial charge in [-0.25, -0.2) is 4.79 Å². The number of amides is 1. The number of carbonyl (C=O) groups is 1. The van der Waals surface area contributed by atoms with Crippen LogP contribution in [0.1, 0.15) is 16.7 Å². The van der Waals surface area contributed by atoms with Gasteiger partial charge in [0.05, 0.1) is 12.1 Å². The fourth-order valence-corrected chi connectivity index (χ4v) is 3.50. The summed E-state index contributed by atoms with van der Waals surface area (Å²) in [4.78, 5) is 15.0. The molecule has 1 aliphatic heterocycles. The summed E-state index contributed by atoms with van der Waals surface area (Å²) in [6.07, 6.45) is -1.18. The molecule has 2 unspecified atom stereocenters. The molecule has 0 aliphatic carbocycles. The van der Waals surface area contributed by atoms with Gasteiger partial charge in [-0.3, -0.25) is 9.80 Å². The first-order valence-electron chi connectivity index (χ1n) is 8.51. The standard InChI is InChI=1S/C20H24N2O3/c1-21(12-15-7-3-2-4-8-15)14-19(23)18-11-16-9-5-6-10-17(16)13-22(18)20(24)25/h2-10,18-19,23H,11-14H2,1H3,(H,24,25). The number of rotatable bonds is 5. The minimum Gasteiger partial charge on any atom is -0.465 e. The summed E-state index contributed by atoms with van der Waals surface area (Å²) in [5, 5.41) is 20.3. The van der Waals surface area contributed by atoms with E-state index in [1.165, 1.54) is 10.5 Å². The molecule has 0 saturated heterocycles. The van der Waals surface area contributed by atoms with Crippen molar-refractivity contribution >= 4 is 6.09 Å². The molecule has 0 saturated carbocycles. The number of hydrogen-bond acceptors (Lipinski definition) is 3. The number of likely N-dealkylation sites (N-methyl/N-ethyl adjacent to an activating group) is 1. The first-order valence-corrected chi connectivity index (χ1v) is 8.51. The monoisotopic (exact) mass is 340 g/mol. The maximum absolute atomic E-state index is 11.7. The lowest BCUT2D eigenvalue weighted by molar-refractivity contribution is 0.0213. The Kier molecular flexibility index (Phi) is 5.36. The van der Waals surface area contributed by atoms with Crippen molar-refractivity contribution < 1.29 is 15.0 Å². The third-order valence-electron chi connectivity index (χ3n) is 4.77. The summed E-state index contributed by atoms with van der Waals surface area (Å²) in [6, 6.07) is 17.5. The van der Waals surface area contributed by atoms with Crippen LogP contribution in [0.2, 0.25) is 0 Å². The average molecular weight is 340 g/mol. The highest BCUT2D eigenvalue weighted by Gasteiger charge is 2.34. The largest absolute Gasteiger partial charge is 0.465 e. The molecule has 2 aromatic rings. The number of aliphatic hydroxyl groups is 1. The Bertz CT molecular complexity index is 720. The second kappa shape index (κ2) is 7.68. The van der Waals surface area contributed by atoms with Gasteiger partial charge in [0.25, 0.3) is 0 Å². The average Bonchev–Trinajstić information content (AvgIpc) is 2.61. The third-order valence-corrected chi connectivity index (χ3v) is 4.77. The molecule has 0 fully saturated rings. The number of fused-ring (bicyclic) bond motifs is 1. The molecule has 132 valence electrons. The van der Waals surface area contributed by atoms with Crippen molar-refractivity contribution in [3.8, 4) is 0 Å². The summed E-state index contributed by atoms with van der Waals surface area (Å²) in [7, 11) is 1.94. The lowest BCUT2D eigenvalue weighted by atomic mass is 9.91. The summed E-state index contributed by atoms with van der Waals surface area (Å²) >= 11 is 0. The normalized spacial score (nSPS) is 18.0. The van der Waals surface area contributed by atoms with Gasteiger partial charge in [0.2, 0.25) is 0 Å². The SMILES string of the molecule is CN(Cc1ccccc1)CC(O)C1Cc2ccccc2CN1C(=O)O. The van der Waals surface area contributed by atoms with Crippen molar-refractivity contribution in [2.45, 2.75) is 31.7 Å². The zero-order chi connectivity index (χ0) is 17.8. The third kappa shape index (κ3) is 4.18. The first-order chi connectivity index (χ1) is 12.0.